The third-order valence-electron chi connectivity index (χ3n) is 1.13. The molecule has 1 unspecified atom stereocenters. The highest BCUT2D eigenvalue weighted by Crippen LogP contribution is 2.06. The number of hydrogen-bond donors (Lipinski definition) is 3. The van der Waals surface area contributed by atoms with Gasteiger partial charge in [0.15, 0.2) is 0 Å². The van der Waals surface area contributed by atoms with Crippen LogP contribution in [0.3, 0.4) is 0 Å². The predicted molar refractivity (Wildman–Crippen MR) is 33.2 cm³/mol. The smallest absolute Gasteiger partial charge is 0.121 e. The topological polar surface area (TPSA) is 60.7 Å². The summed E-state index contributed by atoms with van der Waals surface area (Å²) in [5, 5.41) is 25.8. The molecule has 0 rings (SSSR count). The number of aliphatic hydroxyl groups excluding tert-OH is 3. The molecule has 0 aromatic heterocycles. The number of aliphatic hydroxyl groups is 3. The van der Waals surface area contributed by atoms with Gasteiger partial charge in [0, 0.05) is 6.42 Å². The van der Waals surface area contributed by atoms with Gasteiger partial charge in [-0.15, -0.1) is 0 Å². The average molecular weight is 133 g/mol. The standard InChI is InChI=1S/C6H13O3/c1-2-5(8)3-6(9)4-7/h5,7-9H,2-4H2,1H3. The summed E-state index contributed by atoms with van der Waals surface area (Å²) in [5.74, 6) is 0. The van der Waals surface area contributed by atoms with Gasteiger partial charge in [-0.25, -0.2) is 0 Å². The van der Waals surface area contributed by atoms with Crippen molar-refractivity contribution in [3.8, 4) is 0 Å². The van der Waals surface area contributed by atoms with E-state index in [1.807, 2.05) is 6.92 Å². The second-order valence-electron chi connectivity index (χ2n) is 1.99. The van der Waals surface area contributed by atoms with E-state index in [0.717, 1.165) is 0 Å². The van der Waals surface area contributed by atoms with Gasteiger partial charge in [0.25, 0.3) is 0 Å². The van der Waals surface area contributed by atoms with Gasteiger partial charge in [-0.1, -0.05) is 6.92 Å². The van der Waals surface area contributed by atoms with Crippen molar-refractivity contribution < 1.29 is 15.3 Å². The Kier molecular flexibility index (Phi) is 4.67. The lowest BCUT2D eigenvalue weighted by Gasteiger charge is -2.09. The van der Waals surface area contributed by atoms with Gasteiger partial charge in [-0.2, -0.15) is 0 Å². The van der Waals surface area contributed by atoms with Crippen molar-refractivity contribution in [1.29, 1.82) is 0 Å². The van der Waals surface area contributed by atoms with Gasteiger partial charge >= 0.3 is 0 Å². The molecule has 1 atom stereocenters. The molecule has 0 amide bonds. The molecule has 9 heavy (non-hydrogen) atoms. The fourth-order valence-corrected chi connectivity index (χ4v) is 0.481. The Morgan fingerprint density at radius 2 is 2.11 bits per heavy atom. The molecule has 55 valence electrons. The Morgan fingerprint density at radius 3 is 2.44 bits per heavy atom. The summed E-state index contributed by atoms with van der Waals surface area (Å²) < 4.78 is 0. The summed E-state index contributed by atoms with van der Waals surface area (Å²) in [7, 11) is 0. The fourth-order valence-electron chi connectivity index (χ4n) is 0.481. The Balaban J connectivity index is 3.22. The first-order chi connectivity index (χ1) is 4.20. The second kappa shape index (κ2) is 4.73. The minimum absolute atomic E-state index is 0.0515. The van der Waals surface area contributed by atoms with Crippen LogP contribution in [-0.4, -0.2) is 28.0 Å². The minimum atomic E-state index is -0.517. The second-order valence-corrected chi connectivity index (χ2v) is 1.99. The highest BCUT2D eigenvalue weighted by Gasteiger charge is 2.08. The lowest BCUT2D eigenvalue weighted by molar-refractivity contribution is 0.104. The number of hydrogen-bond acceptors (Lipinski definition) is 3. The maximum absolute atomic E-state index is 8.87. The molecule has 0 bridgehead atoms. The van der Waals surface area contributed by atoms with E-state index >= 15 is 0 Å². The van der Waals surface area contributed by atoms with Crippen molar-refractivity contribution >= 4 is 0 Å². The van der Waals surface area contributed by atoms with Crippen molar-refractivity contribution in [2.24, 2.45) is 0 Å². The minimum Gasteiger partial charge on any atom is -0.393 e. The van der Waals surface area contributed by atoms with Crippen LogP contribution in [0, 0.1) is 6.10 Å². The molecule has 0 aromatic rings. The molecule has 0 fully saturated rings. The van der Waals surface area contributed by atoms with Crippen LogP contribution >= 0.6 is 0 Å². The lowest BCUT2D eigenvalue weighted by Crippen LogP contribution is -2.13. The summed E-state index contributed by atoms with van der Waals surface area (Å²) >= 11 is 0. The molecule has 0 aliphatic rings. The van der Waals surface area contributed by atoms with E-state index in [1.54, 1.807) is 0 Å². The van der Waals surface area contributed by atoms with E-state index in [1.165, 1.54) is 0 Å². The molecule has 0 heterocycles. The molecule has 3 heteroatoms. The Morgan fingerprint density at radius 1 is 1.56 bits per heavy atom. The van der Waals surface area contributed by atoms with Crippen LogP contribution in [0.4, 0.5) is 0 Å². The normalized spacial score (nSPS) is 14.3. The zero-order chi connectivity index (χ0) is 7.28. The van der Waals surface area contributed by atoms with Gasteiger partial charge in [0.05, 0.1) is 12.7 Å². The highest BCUT2D eigenvalue weighted by molar-refractivity contribution is 4.76. The summed E-state index contributed by atoms with van der Waals surface area (Å²) in [5.41, 5.74) is 0. The molecular weight excluding hydrogens is 120 g/mol. The third-order valence-corrected chi connectivity index (χ3v) is 1.13. The molecule has 0 aromatic carbocycles. The molecule has 0 saturated carbocycles. The molecule has 0 saturated heterocycles. The van der Waals surface area contributed by atoms with E-state index in [0.29, 0.717) is 6.42 Å². The summed E-state index contributed by atoms with van der Waals surface area (Å²) in [6.45, 7) is 1.46. The third kappa shape index (κ3) is 4.39. The van der Waals surface area contributed by atoms with Gasteiger partial charge in [0.1, 0.15) is 6.10 Å². The maximum Gasteiger partial charge on any atom is 0.121 e. The van der Waals surface area contributed by atoms with Gasteiger partial charge in [0.2, 0.25) is 0 Å². The van der Waals surface area contributed by atoms with E-state index in [4.69, 9.17) is 15.3 Å². The summed E-state index contributed by atoms with van der Waals surface area (Å²) in [6, 6.07) is 0. The molecule has 3 N–H and O–H groups in total. The van der Waals surface area contributed by atoms with E-state index < -0.39 is 6.10 Å². The molecular formula is C6H13O3. The van der Waals surface area contributed by atoms with E-state index in [-0.39, 0.29) is 19.1 Å². The van der Waals surface area contributed by atoms with Gasteiger partial charge in [-0.05, 0) is 6.42 Å². The first kappa shape index (κ1) is 8.88. The molecule has 3 nitrogen and oxygen atoms in total. The Labute approximate surface area is 54.9 Å². The summed E-state index contributed by atoms with van der Waals surface area (Å²) in [4.78, 5) is 0. The maximum atomic E-state index is 8.87. The van der Waals surface area contributed by atoms with E-state index in [2.05, 4.69) is 0 Å². The van der Waals surface area contributed by atoms with Crippen molar-refractivity contribution in [3.63, 3.8) is 0 Å². The van der Waals surface area contributed by atoms with Crippen LogP contribution in [0.5, 0.6) is 0 Å². The van der Waals surface area contributed by atoms with Crippen molar-refractivity contribution in [1.82, 2.24) is 0 Å². The molecule has 0 spiro atoms. The van der Waals surface area contributed by atoms with Crippen LogP contribution in [-0.2, 0) is 0 Å². The Bertz CT molecular complexity index is 57.3. The SMILES string of the molecule is CCC(O)C[C](O)CO. The van der Waals surface area contributed by atoms with Crippen LogP contribution in [0.15, 0.2) is 0 Å². The fraction of sp³-hybridized carbons (Fsp3) is 0.833. The highest BCUT2D eigenvalue weighted by atomic mass is 16.3. The van der Waals surface area contributed by atoms with Gasteiger partial charge < -0.3 is 15.3 Å². The largest absolute Gasteiger partial charge is 0.393 e. The Hall–Kier alpha value is -0.120. The van der Waals surface area contributed by atoms with Crippen molar-refractivity contribution in [3.05, 3.63) is 6.10 Å². The zero-order valence-corrected chi connectivity index (χ0v) is 5.54. The van der Waals surface area contributed by atoms with Crippen molar-refractivity contribution in [2.75, 3.05) is 6.61 Å². The molecule has 0 aliphatic carbocycles. The molecule has 1 radical (unpaired) electrons. The van der Waals surface area contributed by atoms with Crippen LogP contribution in [0.2, 0.25) is 0 Å². The zero-order valence-electron chi connectivity index (χ0n) is 5.54. The predicted octanol–water partition coefficient (Wildman–Crippen LogP) is 0.0442. The quantitative estimate of drug-likeness (QED) is 0.507. The average Bonchev–Trinajstić information content (AvgIpc) is 1.87. The van der Waals surface area contributed by atoms with Crippen LogP contribution in [0.25, 0.3) is 0 Å². The van der Waals surface area contributed by atoms with Crippen molar-refractivity contribution in [2.45, 2.75) is 25.9 Å². The number of rotatable bonds is 4. The van der Waals surface area contributed by atoms with Crippen LogP contribution < -0.4 is 0 Å². The summed E-state index contributed by atoms with van der Waals surface area (Å²) in [6.07, 6.45) is 0.221. The first-order valence-corrected chi connectivity index (χ1v) is 3.03. The van der Waals surface area contributed by atoms with Gasteiger partial charge in [-0.3, -0.25) is 0 Å². The first-order valence-electron chi connectivity index (χ1n) is 3.03. The monoisotopic (exact) mass is 133 g/mol. The lowest BCUT2D eigenvalue weighted by atomic mass is 10.1. The van der Waals surface area contributed by atoms with Crippen LogP contribution in [0.1, 0.15) is 19.8 Å². The van der Waals surface area contributed by atoms with E-state index in [9.17, 15) is 0 Å². The molecule has 0 aliphatic heterocycles.